The van der Waals surface area contributed by atoms with Crippen molar-refractivity contribution in [3.05, 3.63) is 88.4 Å². The number of ether oxygens (including phenoxy) is 1. The summed E-state index contributed by atoms with van der Waals surface area (Å²) >= 11 is 0. The maximum Gasteiger partial charge on any atom is 0.339 e. The number of rotatable bonds is 8. The van der Waals surface area contributed by atoms with Gasteiger partial charge in [-0.1, -0.05) is 18.2 Å². The van der Waals surface area contributed by atoms with Crippen LogP contribution in [0, 0.1) is 10.1 Å². The normalized spacial score (nSPS) is 11.4. The molecule has 0 fully saturated rings. The zero-order valence-electron chi connectivity index (χ0n) is 16.0. The van der Waals surface area contributed by atoms with Gasteiger partial charge in [-0.15, -0.1) is 0 Å². The fourth-order valence-electron chi connectivity index (χ4n) is 2.61. The molecular formula is C21H19N3O6. The highest BCUT2D eigenvalue weighted by atomic mass is 16.6. The molecule has 1 heterocycles. The van der Waals surface area contributed by atoms with Crippen molar-refractivity contribution in [3.63, 3.8) is 0 Å². The van der Waals surface area contributed by atoms with Gasteiger partial charge in [0, 0.05) is 11.8 Å². The number of esters is 1. The highest BCUT2D eigenvalue weighted by molar-refractivity contribution is 5.94. The van der Waals surface area contributed by atoms with E-state index in [-0.39, 0.29) is 23.5 Å². The standard InChI is InChI=1S/C21H19N3O6/c1-14(20(25)22-13-17-8-5-11-29-17)30-21(26)15-9-10-18(19(12-15)24(27)28)23-16-6-3-2-4-7-16/h2-12,14,23H,13H2,1H3,(H,22,25)/t14-/m0/s1. The number of furan rings is 1. The molecule has 154 valence electrons. The summed E-state index contributed by atoms with van der Waals surface area (Å²) in [6.45, 7) is 1.56. The van der Waals surface area contributed by atoms with Crippen LogP contribution in [0.4, 0.5) is 17.1 Å². The molecule has 1 atom stereocenters. The summed E-state index contributed by atoms with van der Waals surface area (Å²) in [6, 6.07) is 16.2. The van der Waals surface area contributed by atoms with E-state index >= 15 is 0 Å². The Morgan fingerprint density at radius 1 is 1.13 bits per heavy atom. The zero-order valence-corrected chi connectivity index (χ0v) is 16.0. The number of amides is 1. The largest absolute Gasteiger partial charge is 0.467 e. The van der Waals surface area contributed by atoms with Crippen LogP contribution in [0.25, 0.3) is 0 Å². The summed E-state index contributed by atoms with van der Waals surface area (Å²) in [4.78, 5) is 35.3. The van der Waals surface area contributed by atoms with Gasteiger partial charge in [-0.05, 0) is 43.3 Å². The molecule has 9 heteroatoms. The SMILES string of the molecule is C[C@H](OC(=O)c1ccc(Nc2ccccc2)c([N+](=O)[O-])c1)C(=O)NCc1ccco1. The van der Waals surface area contributed by atoms with Gasteiger partial charge in [0.2, 0.25) is 0 Å². The lowest BCUT2D eigenvalue weighted by molar-refractivity contribution is -0.383. The molecule has 0 saturated heterocycles. The summed E-state index contributed by atoms with van der Waals surface area (Å²) in [5.74, 6) is -0.805. The highest BCUT2D eigenvalue weighted by Crippen LogP contribution is 2.29. The average molecular weight is 409 g/mol. The molecule has 0 aliphatic carbocycles. The zero-order chi connectivity index (χ0) is 21.5. The molecule has 3 aromatic rings. The van der Waals surface area contributed by atoms with Gasteiger partial charge in [0.05, 0.1) is 23.3 Å². The molecule has 2 aromatic carbocycles. The summed E-state index contributed by atoms with van der Waals surface area (Å²) < 4.78 is 10.2. The molecule has 0 aliphatic heterocycles. The lowest BCUT2D eigenvalue weighted by Crippen LogP contribution is -2.35. The Morgan fingerprint density at radius 2 is 1.90 bits per heavy atom. The van der Waals surface area contributed by atoms with Gasteiger partial charge in [0.15, 0.2) is 6.10 Å². The summed E-state index contributed by atoms with van der Waals surface area (Å²) in [7, 11) is 0. The van der Waals surface area contributed by atoms with Crippen LogP contribution in [0.5, 0.6) is 0 Å². The molecule has 0 aliphatic rings. The van der Waals surface area contributed by atoms with Crippen LogP contribution in [0.15, 0.2) is 71.3 Å². The Hall–Kier alpha value is -4.14. The molecule has 30 heavy (non-hydrogen) atoms. The Bertz CT molecular complexity index is 1030. The molecule has 0 unspecified atom stereocenters. The number of hydrogen-bond donors (Lipinski definition) is 2. The number of benzene rings is 2. The fraction of sp³-hybridized carbons (Fsp3) is 0.143. The third-order valence-corrected chi connectivity index (χ3v) is 4.15. The number of nitro benzene ring substituents is 1. The molecule has 0 bridgehead atoms. The maximum absolute atomic E-state index is 12.4. The molecule has 1 aromatic heterocycles. The second kappa shape index (κ2) is 9.37. The minimum absolute atomic E-state index is 0.0361. The second-order valence-corrected chi connectivity index (χ2v) is 6.32. The van der Waals surface area contributed by atoms with Gasteiger partial charge in [-0.2, -0.15) is 0 Å². The Kier molecular flexibility index (Phi) is 6.43. The van der Waals surface area contributed by atoms with Gasteiger partial charge in [0.25, 0.3) is 11.6 Å². The smallest absolute Gasteiger partial charge is 0.339 e. The summed E-state index contributed by atoms with van der Waals surface area (Å²) in [5, 5.41) is 17.0. The van der Waals surface area contributed by atoms with E-state index in [0.29, 0.717) is 11.4 Å². The van der Waals surface area contributed by atoms with E-state index in [9.17, 15) is 19.7 Å². The number of nitrogens with zero attached hydrogens (tertiary/aromatic N) is 1. The van der Waals surface area contributed by atoms with Gasteiger partial charge >= 0.3 is 5.97 Å². The number of carbonyl (C=O) groups excluding carboxylic acids is 2. The van der Waals surface area contributed by atoms with Crippen molar-refractivity contribution in [1.29, 1.82) is 0 Å². The molecule has 2 N–H and O–H groups in total. The predicted octanol–water partition coefficient (Wildman–Crippen LogP) is 3.79. The van der Waals surface area contributed by atoms with E-state index in [1.807, 2.05) is 6.07 Å². The lowest BCUT2D eigenvalue weighted by Gasteiger charge is -2.13. The first-order valence-electron chi connectivity index (χ1n) is 9.05. The maximum atomic E-state index is 12.4. The molecular weight excluding hydrogens is 390 g/mol. The Balaban J connectivity index is 1.66. The van der Waals surface area contributed by atoms with Crippen molar-refractivity contribution in [2.24, 2.45) is 0 Å². The van der Waals surface area contributed by atoms with Crippen molar-refractivity contribution < 1.29 is 23.7 Å². The summed E-state index contributed by atoms with van der Waals surface area (Å²) in [6.07, 6.45) is 0.391. The number of carbonyl (C=O) groups is 2. The van der Waals surface area contributed by atoms with E-state index in [1.54, 1.807) is 36.4 Å². The molecule has 9 nitrogen and oxygen atoms in total. The third-order valence-electron chi connectivity index (χ3n) is 4.15. The Morgan fingerprint density at radius 3 is 2.57 bits per heavy atom. The number of hydrogen-bond acceptors (Lipinski definition) is 7. The van der Waals surface area contributed by atoms with Crippen molar-refractivity contribution in [2.45, 2.75) is 19.6 Å². The van der Waals surface area contributed by atoms with Gasteiger partial charge in [-0.25, -0.2) is 4.79 Å². The van der Waals surface area contributed by atoms with Crippen LogP contribution in [0.3, 0.4) is 0 Å². The molecule has 3 rings (SSSR count). The van der Waals surface area contributed by atoms with Crippen LogP contribution >= 0.6 is 0 Å². The third kappa shape index (κ3) is 5.22. The van der Waals surface area contributed by atoms with E-state index in [4.69, 9.17) is 9.15 Å². The Labute approximate surface area is 171 Å². The number of para-hydroxylation sites is 1. The summed E-state index contributed by atoms with van der Waals surface area (Å²) in [5.41, 5.74) is 0.569. The fourth-order valence-corrected chi connectivity index (χ4v) is 2.61. The monoisotopic (exact) mass is 409 g/mol. The van der Waals surface area contributed by atoms with Crippen molar-refractivity contribution in [1.82, 2.24) is 5.32 Å². The quantitative estimate of drug-likeness (QED) is 0.329. The molecule has 0 spiro atoms. The van der Waals surface area contributed by atoms with Crippen molar-refractivity contribution in [3.8, 4) is 0 Å². The van der Waals surface area contributed by atoms with Gasteiger partial charge < -0.3 is 19.8 Å². The molecule has 1 amide bonds. The first-order valence-corrected chi connectivity index (χ1v) is 9.05. The number of nitrogens with one attached hydrogen (secondary N) is 2. The number of anilines is 2. The van der Waals surface area contributed by atoms with Crippen molar-refractivity contribution >= 4 is 28.9 Å². The minimum atomic E-state index is -1.09. The van der Waals surface area contributed by atoms with Crippen molar-refractivity contribution in [2.75, 3.05) is 5.32 Å². The average Bonchev–Trinajstić information content (AvgIpc) is 3.26. The highest BCUT2D eigenvalue weighted by Gasteiger charge is 2.22. The van der Waals surface area contributed by atoms with Crippen LogP contribution in [0.2, 0.25) is 0 Å². The van der Waals surface area contributed by atoms with E-state index in [2.05, 4.69) is 10.6 Å². The first-order chi connectivity index (χ1) is 14.4. The van der Waals surface area contributed by atoms with Crippen LogP contribution in [0.1, 0.15) is 23.0 Å². The van der Waals surface area contributed by atoms with Gasteiger partial charge in [-0.3, -0.25) is 14.9 Å². The van der Waals surface area contributed by atoms with Crippen LogP contribution < -0.4 is 10.6 Å². The van der Waals surface area contributed by atoms with Gasteiger partial charge in [0.1, 0.15) is 11.4 Å². The molecule has 0 radical (unpaired) electrons. The van der Waals surface area contributed by atoms with E-state index < -0.39 is 22.9 Å². The topological polar surface area (TPSA) is 124 Å². The van der Waals surface area contributed by atoms with Crippen LogP contribution in [-0.2, 0) is 16.1 Å². The lowest BCUT2D eigenvalue weighted by atomic mass is 10.1. The number of nitro groups is 1. The molecule has 0 saturated carbocycles. The minimum Gasteiger partial charge on any atom is -0.467 e. The van der Waals surface area contributed by atoms with E-state index in [1.165, 1.54) is 25.3 Å². The first kappa shape index (κ1) is 20.6. The van der Waals surface area contributed by atoms with E-state index in [0.717, 1.165) is 6.07 Å². The van der Waals surface area contributed by atoms with Crippen LogP contribution in [-0.4, -0.2) is 22.9 Å². The second-order valence-electron chi connectivity index (χ2n) is 6.32. The predicted molar refractivity (Wildman–Crippen MR) is 108 cm³/mol.